The summed E-state index contributed by atoms with van der Waals surface area (Å²) in [6.45, 7) is 12.1. The molecule has 0 aromatic heterocycles. The minimum atomic E-state index is 0. The van der Waals surface area contributed by atoms with Gasteiger partial charge in [-0.2, -0.15) is 0 Å². The van der Waals surface area contributed by atoms with E-state index >= 15 is 0 Å². The number of nitrogens with one attached hydrogen (secondary N) is 1. The van der Waals surface area contributed by atoms with Gasteiger partial charge >= 0.3 is 0 Å². The second kappa shape index (κ2) is 10.0. The minimum absolute atomic E-state index is 0. The van der Waals surface area contributed by atoms with E-state index in [0.717, 1.165) is 58.5 Å². The van der Waals surface area contributed by atoms with Gasteiger partial charge in [0.1, 0.15) is 0 Å². The maximum atomic E-state index is 5.45. The number of likely N-dealkylation sites (tertiary alicyclic amines) is 1. The van der Waals surface area contributed by atoms with Crippen molar-refractivity contribution in [3.8, 4) is 0 Å². The quantitative estimate of drug-likeness (QED) is 0.397. The van der Waals surface area contributed by atoms with Gasteiger partial charge in [0.05, 0.1) is 19.8 Å². The van der Waals surface area contributed by atoms with Crippen molar-refractivity contribution in [2.75, 3.05) is 66.7 Å². The number of hydrogen-bond acceptors (Lipinski definition) is 4. The fourth-order valence-corrected chi connectivity index (χ4v) is 3.30. The average molecular weight is 440 g/mol. The standard InChI is InChI=1S/C16H32N4O2.HI/c1-16(2,20-7-9-22-10-8-20)13-18-15(17-3)19-6-5-14(11-19)12-21-4;/h14H,5-13H2,1-4H3,(H,17,18);1H. The molecule has 1 atom stereocenters. The normalized spacial score (nSPS) is 23.7. The molecular formula is C16H33IN4O2. The molecule has 23 heavy (non-hydrogen) atoms. The molecule has 0 aromatic carbocycles. The highest BCUT2D eigenvalue weighted by Gasteiger charge is 2.30. The van der Waals surface area contributed by atoms with Gasteiger partial charge in [0.25, 0.3) is 0 Å². The molecule has 136 valence electrons. The maximum Gasteiger partial charge on any atom is 0.193 e. The van der Waals surface area contributed by atoms with Gasteiger partial charge in [-0.3, -0.25) is 9.89 Å². The Labute approximate surface area is 158 Å². The zero-order valence-corrected chi connectivity index (χ0v) is 17.3. The molecule has 1 unspecified atom stereocenters. The summed E-state index contributed by atoms with van der Waals surface area (Å²) in [5, 5.41) is 3.56. The van der Waals surface area contributed by atoms with Crippen molar-refractivity contribution < 1.29 is 9.47 Å². The molecule has 2 heterocycles. The number of methoxy groups -OCH3 is 1. The van der Waals surface area contributed by atoms with Crippen LogP contribution in [0.25, 0.3) is 0 Å². The van der Waals surface area contributed by atoms with Gasteiger partial charge in [-0.1, -0.05) is 0 Å². The van der Waals surface area contributed by atoms with Crippen molar-refractivity contribution in [1.82, 2.24) is 15.1 Å². The van der Waals surface area contributed by atoms with Crippen LogP contribution in [0.3, 0.4) is 0 Å². The van der Waals surface area contributed by atoms with Crippen LogP contribution in [0, 0.1) is 5.92 Å². The van der Waals surface area contributed by atoms with Gasteiger partial charge in [-0.05, 0) is 20.3 Å². The molecule has 2 fully saturated rings. The Hall–Kier alpha value is -0.120. The number of guanidine groups is 1. The van der Waals surface area contributed by atoms with E-state index < -0.39 is 0 Å². The SMILES string of the molecule is CN=C(NCC(C)(C)N1CCOCC1)N1CCC(COC)C1.I. The Morgan fingerprint density at radius 3 is 2.61 bits per heavy atom. The van der Waals surface area contributed by atoms with Crippen LogP contribution < -0.4 is 5.32 Å². The van der Waals surface area contributed by atoms with Crippen molar-refractivity contribution in [3.05, 3.63) is 0 Å². The molecule has 7 heteroatoms. The number of aliphatic imine (C=N–C) groups is 1. The smallest absolute Gasteiger partial charge is 0.193 e. The van der Waals surface area contributed by atoms with Crippen LogP contribution >= 0.6 is 24.0 Å². The van der Waals surface area contributed by atoms with Gasteiger partial charge < -0.3 is 19.7 Å². The number of rotatable bonds is 5. The topological polar surface area (TPSA) is 49.3 Å². The van der Waals surface area contributed by atoms with Crippen LogP contribution in [0.2, 0.25) is 0 Å². The van der Waals surface area contributed by atoms with Gasteiger partial charge in [0, 0.05) is 58.3 Å². The second-order valence-electron chi connectivity index (χ2n) is 6.87. The van der Waals surface area contributed by atoms with E-state index in [9.17, 15) is 0 Å². The second-order valence-corrected chi connectivity index (χ2v) is 6.87. The summed E-state index contributed by atoms with van der Waals surface area (Å²) < 4.78 is 10.7. The lowest BCUT2D eigenvalue weighted by molar-refractivity contribution is -0.00847. The maximum absolute atomic E-state index is 5.45. The van der Waals surface area contributed by atoms with Gasteiger partial charge in [0.15, 0.2) is 5.96 Å². The molecular weight excluding hydrogens is 407 g/mol. The van der Waals surface area contributed by atoms with Gasteiger partial charge in [0.2, 0.25) is 0 Å². The van der Waals surface area contributed by atoms with E-state index in [1.54, 1.807) is 7.11 Å². The Balaban J connectivity index is 0.00000264. The monoisotopic (exact) mass is 440 g/mol. The zero-order chi connectivity index (χ0) is 16.0. The summed E-state index contributed by atoms with van der Waals surface area (Å²) in [5.74, 6) is 1.63. The minimum Gasteiger partial charge on any atom is -0.384 e. The Morgan fingerprint density at radius 1 is 1.30 bits per heavy atom. The van der Waals surface area contributed by atoms with Crippen LogP contribution in [0.5, 0.6) is 0 Å². The third-order valence-corrected chi connectivity index (χ3v) is 4.75. The predicted octanol–water partition coefficient (Wildman–Crippen LogP) is 1.26. The highest BCUT2D eigenvalue weighted by Crippen LogP contribution is 2.18. The largest absolute Gasteiger partial charge is 0.384 e. The summed E-state index contributed by atoms with van der Waals surface area (Å²) in [7, 11) is 3.65. The van der Waals surface area contributed by atoms with Crippen molar-refractivity contribution in [1.29, 1.82) is 0 Å². The Bertz CT molecular complexity index is 373. The van der Waals surface area contributed by atoms with Crippen LogP contribution in [-0.2, 0) is 9.47 Å². The lowest BCUT2D eigenvalue weighted by atomic mass is 10.0. The molecule has 2 rings (SSSR count). The van der Waals surface area contributed by atoms with E-state index in [1.807, 2.05) is 7.05 Å². The van der Waals surface area contributed by atoms with Crippen LogP contribution in [0.15, 0.2) is 4.99 Å². The Morgan fingerprint density at radius 2 is 2.00 bits per heavy atom. The fourth-order valence-electron chi connectivity index (χ4n) is 3.30. The number of nitrogens with zero attached hydrogens (tertiary/aromatic N) is 3. The molecule has 2 saturated heterocycles. The molecule has 0 saturated carbocycles. The first kappa shape index (κ1) is 20.9. The van der Waals surface area contributed by atoms with Crippen molar-refractivity contribution >= 4 is 29.9 Å². The van der Waals surface area contributed by atoms with Gasteiger partial charge in [-0.15, -0.1) is 24.0 Å². The molecule has 2 aliphatic heterocycles. The molecule has 0 spiro atoms. The van der Waals surface area contributed by atoms with Crippen LogP contribution in [0.4, 0.5) is 0 Å². The lowest BCUT2D eigenvalue weighted by Crippen LogP contribution is -2.56. The highest BCUT2D eigenvalue weighted by molar-refractivity contribution is 14.0. The first-order chi connectivity index (χ1) is 10.6. The number of ether oxygens (including phenoxy) is 2. The molecule has 0 aromatic rings. The van der Waals surface area contributed by atoms with Crippen molar-refractivity contribution in [2.24, 2.45) is 10.9 Å². The molecule has 0 bridgehead atoms. The molecule has 0 aliphatic carbocycles. The van der Waals surface area contributed by atoms with E-state index in [2.05, 4.69) is 34.0 Å². The molecule has 2 aliphatic rings. The van der Waals surface area contributed by atoms with E-state index in [0.29, 0.717) is 5.92 Å². The summed E-state index contributed by atoms with van der Waals surface area (Å²) in [6, 6.07) is 0. The predicted molar refractivity (Wildman–Crippen MR) is 105 cm³/mol. The van der Waals surface area contributed by atoms with Crippen molar-refractivity contribution in [3.63, 3.8) is 0 Å². The first-order valence-corrected chi connectivity index (χ1v) is 8.34. The van der Waals surface area contributed by atoms with E-state index in [1.165, 1.54) is 6.42 Å². The molecule has 0 amide bonds. The summed E-state index contributed by atoms with van der Waals surface area (Å²) in [4.78, 5) is 9.30. The zero-order valence-electron chi connectivity index (χ0n) is 15.0. The van der Waals surface area contributed by atoms with Crippen LogP contribution in [0.1, 0.15) is 20.3 Å². The summed E-state index contributed by atoms with van der Waals surface area (Å²) >= 11 is 0. The van der Waals surface area contributed by atoms with E-state index in [4.69, 9.17) is 9.47 Å². The summed E-state index contributed by atoms with van der Waals surface area (Å²) in [5.41, 5.74) is 0.103. The third-order valence-electron chi connectivity index (χ3n) is 4.75. The molecule has 1 N–H and O–H groups in total. The highest BCUT2D eigenvalue weighted by atomic mass is 127. The number of morpholine rings is 1. The van der Waals surface area contributed by atoms with Crippen LogP contribution in [-0.4, -0.2) is 88.0 Å². The summed E-state index contributed by atoms with van der Waals surface area (Å²) in [6.07, 6.45) is 1.18. The number of halogens is 1. The molecule has 6 nitrogen and oxygen atoms in total. The number of hydrogen-bond donors (Lipinski definition) is 1. The van der Waals surface area contributed by atoms with Crippen molar-refractivity contribution in [2.45, 2.75) is 25.8 Å². The molecule has 0 radical (unpaired) electrons. The average Bonchev–Trinajstić information content (AvgIpc) is 2.98. The fraction of sp³-hybridized carbons (Fsp3) is 0.938. The first-order valence-electron chi connectivity index (χ1n) is 8.34. The Kier molecular flexibility index (Phi) is 9.10. The lowest BCUT2D eigenvalue weighted by Gasteiger charge is -2.41. The third kappa shape index (κ3) is 6.03. The van der Waals surface area contributed by atoms with E-state index in [-0.39, 0.29) is 29.5 Å². The van der Waals surface area contributed by atoms with Gasteiger partial charge in [-0.25, -0.2) is 0 Å².